The van der Waals surface area contributed by atoms with Crippen LogP contribution in [0.2, 0.25) is 0 Å². The van der Waals surface area contributed by atoms with Gasteiger partial charge in [0.25, 0.3) is 0 Å². The maximum Gasteiger partial charge on any atom is 0.340 e. The summed E-state index contributed by atoms with van der Waals surface area (Å²) >= 11 is 0. The highest BCUT2D eigenvalue weighted by Crippen LogP contribution is 2.34. The van der Waals surface area contributed by atoms with Gasteiger partial charge in [0, 0.05) is 0 Å². The van der Waals surface area contributed by atoms with Crippen LogP contribution in [0.15, 0.2) is 49.4 Å². The molecular weight excluding hydrogens is 350 g/mol. The van der Waals surface area contributed by atoms with Crippen LogP contribution in [0.25, 0.3) is 5.57 Å². The van der Waals surface area contributed by atoms with Gasteiger partial charge in [0.1, 0.15) is 5.76 Å². The third-order valence-electron chi connectivity index (χ3n) is 4.57. The zero-order valence-electron chi connectivity index (χ0n) is 17.9. The Kier molecular flexibility index (Phi) is 9.86. The van der Waals surface area contributed by atoms with Crippen LogP contribution in [0.5, 0.6) is 0 Å². The Labute approximate surface area is 169 Å². The molecule has 0 saturated carbocycles. The van der Waals surface area contributed by atoms with Crippen LogP contribution in [0.1, 0.15) is 60.2 Å². The van der Waals surface area contributed by atoms with Crippen molar-refractivity contribution in [1.29, 1.82) is 0 Å². The van der Waals surface area contributed by atoms with E-state index in [4.69, 9.17) is 9.47 Å². The van der Waals surface area contributed by atoms with E-state index in [-0.39, 0.29) is 5.97 Å². The minimum atomic E-state index is -0.358. The lowest BCUT2D eigenvalue weighted by atomic mass is 9.89. The van der Waals surface area contributed by atoms with E-state index in [1.165, 1.54) is 7.11 Å². The highest BCUT2D eigenvalue weighted by atomic mass is 16.5. The average Bonchev–Trinajstić information content (AvgIpc) is 2.69. The largest absolute Gasteiger partial charge is 0.497 e. The predicted octanol–water partition coefficient (Wildman–Crippen LogP) is 6.19. The summed E-state index contributed by atoms with van der Waals surface area (Å²) in [4.78, 5) is 12.4. The second-order valence-electron chi connectivity index (χ2n) is 6.47. The summed E-state index contributed by atoms with van der Waals surface area (Å²) in [6, 6.07) is 2.05. The van der Waals surface area contributed by atoms with Gasteiger partial charge in [-0.3, -0.25) is 0 Å². The van der Waals surface area contributed by atoms with E-state index >= 15 is 0 Å². The van der Waals surface area contributed by atoms with Gasteiger partial charge in [-0.05, 0) is 54.3 Å². The van der Waals surface area contributed by atoms with E-state index in [0.29, 0.717) is 11.3 Å². The van der Waals surface area contributed by atoms with E-state index in [1.807, 2.05) is 19.1 Å². The number of unbranched alkanes of at least 4 members (excludes halogenated alkanes) is 2. The second-order valence-corrected chi connectivity index (χ2v) is 6.47. The molecule has 0 heterocycles. The van der Waals surface area contributed by atoms with Crippen LogP contribution < -0.4 is 5.32 Å². The third-order valence-corrected chi connectivity index (χ3v) is 4.57. The molecule has 1 aromatic rings. The highest BCUT2D eigenvalue weighted by Gasteiger charge is 2.21. The van der Waals surface area contributed by atoms with Gasteiger partial charge < -0.3 is 14.8 Å². The maximum absolute atomic E-state index is 12.4. The number of carbonyl (C=O) groups is 1. The van der Waals surface area contributed by atoms with Gasteiger partial charge in [0.05, 0.1) is 25.5 Å². The van der Waals surface area contributed by atoms with Crippen molar-refractivity contribution in [2.45, 2.75) is 46.5 Å². The van der Waals surface area contributed by atoms with Gasteiger partial charge in [-0.25, -0.2) is 4.79 Å². The summed E-state index contributed by atoms with van der Waals surface area (Å²) in [5, 5.41) is 3.16. The van der Waals surface area contributed by atoms with E-state index in [1.54, 1.807) is 13.3 Å². The smallest absolute Gasteiger partial charge is 0.340 e. The monoisotopic (exact) mass is 383 g/mol. The van der Waals surface area contributed by atoms with Gasteiger partial charge >= 0.3 is 5.97 Å². The van der Waals surface area contributed by atoms with Gasteiger partial charge in [-0.15, -0.1) is 0 Å². The van der Waals surface area contributed by atoms with Gasteiger partial charge in [0.2, 0.25) is 0 Å². The molecule has 0 aliphatic heterocycles. The van der Waals surface area contributed by atoms with Crippen LogP contribution >= 0.6 is 0 Å². The SMILES string of the molecule is C=CNc1c(CC)c(C(/C=C\C(=C)OC)=C/CCCC)cc(C)c1C(=O)OC. The van der Waals surface area contributed by atoms with Crippen LogP contribution in [-0.4, -0.2) is 20.2 Å². The molecule has 4 nitrogen and oxygen atoms in total. The number of nitrogens with one attached hydrogen (secondary N) is 1. The molecule has 1 N–H and O–H groups in total. The number of hydrogen-bond donors (Lipinski definition) is 1. The Morgan fingerprint density at radius 3 is 2.46 bits per heavy atom. The Balaban J connectivity index is 3.70. The predicted molar refractivity (Wildman–Crippen MR) is 119 cm³/mol. The molecule has 0 unspecified atom stereocenters. The fourth-order valence-electron chi connectivity index (χ4n) is 3.09. The Hall–Kier alpha value is -2.75. The number of anilines is 1. The normalized spacial score (nSPS) is 11.4. The first kappa shape index (κ1) is 23.3. The minimum absolute atomic E-state index is 0.358. The summed E-state index contributed by atoms with van der Waals surface area (Å²) in [5.74, 6) is 0.231. The number of esters is 1. The third kappa shape index (κ3) is 5.88. The van der Waals surface area contributed by atoms with Crippen molar-refractivity contribution in [3.63, 3.8) is 0 Å². The molecule has 0 aliphatic rings. The fraction of sp³-hybridized carbons (Fsp3) is 0.375. The number of carbonyl (C=O) groups excluding carboxylic acids is 1. The van der Waals surface area contributed by atoms with E-state index < -0.39 is 0 Å². The van der Waals surface area contributed by atoms with E-state index in [0.717, 1.165) is 53.6 Å². The van der Waals surface area contributed by atoms with Gasteiger partial charge in [-0.2, -0.15) is 0 Å². The summed E-state index contributed by atoms with van der Waals surface area (Å²) in [7, 11) is 3.00. The summed E-state index contributed by atoms with van der Waals surface area (Å²) < 4.78 is 10.2. The number of methoxy groups -OCH3 is 2. The number of allylic oxidation sites excluding steroid dienone is 4. The molecule has 0 aliphatic carbocycles. The van der Waals surface area contributed by atoms with Crippen molar-refractivity contribution >= 4 is 17.2 Å². The Morgan fingerprint density at radius 2 is 1.93 bits per heavy atom. The van der Waals surface area contributed by atoms with E-state index in [9.17, 15) is 4.79 Å². The number of rotatable bonds is 11. The van der Waals surface area contributed by atoms with Crippen molar-refractivity contribution in [3.05, 3.63) is 71.7 Å². The van der Waals surface area contributed by atoms with Crippen molar-refractivity contribution in [3.8, 4) is 0 Å². The molecule has 1 rings (SSSR count). The highest BCUT2D eigenvalue weighted by molar-refractivity contribution is 6.00. The molecule has 0 radical (unpaired) electrons. The first-order valence-corrected chi connectivity index (χ1v) is 9.68. The van der Waals surface area contributed by atoms with Crippen LogP contribution in [0.3, 0.4) is 0 Å². The van der Waals surface area contributed by atoms with Crippen LogP contribution in [-0.2, 0) is 15.9 Å². The zero-order chi connectivity index (χ0) is 21.1. The molecule has 0 bridgehead atoms. The van der Waals surface area contributed by atoms with Crippen molar-refractivity contribution in [2.75, 3.05) is 19.5 Å². The van der Waals surface area contributed by atoms with Gasteiger partial charge in [-0.1, -0.05) is 58.1 Å². The number of ether oxygens (including phenoxy) is 2. The molecule has 0 amide bonds. The summed E-state index contributed by atoms with van der Waals surface area (Å²) in [5.41, 5.74) is 5.34. The molecule has 0 spiro atoms. The first-order valence-electron chi connectivity index (χ1n) is 9.68. The Bertz CT molecular complexity index is 773. The molecule has 4 heteroatoms. The van der Waals surface area contributed by atoms with Crippen molar-refractivity contribution in [2.24, 2.45) is 0 Å². The van der Waals surface area contributed by atoms with Crippen LogP contribution in [0, 0.1) is 6.92 Å². The lowest BCUT2D eigenvalue weighted by molar-refractivity contribution is 0.0601. The molecule has 0 atom stereocenters. The molecule has 152 valence electrons. The number of aryl methyl sites for hydroxylation is 1. The Morgan fingerprint density at radius 1 is 1.21 bits per heavy atom. The summed E-state index contributed by atoms with van der Waals surface area (Å²) in [6.07, 6.45) is 11.7. The second kappa shape index (κ2) is 11.9. The number of benzene rings is 1. The minimum Gasteiger partial charge on any atom is -0.497 e. The average molecular weight is 384 g/mol. The van der Waals surface area contributed by atoms with Crippen LogP contribution in [0.4, 0.5) is 5.69 Å². The van der Waals surface area contributed by atoms with E-state index in [2.05, 4.69) is 44.5 Å². The topological polar surface area (TPSA) is 47.6 Å². The molecule has 0 fully saturated rings. The fourth-order valence-corrected chi connectivity index (χ4v) is 3.09. The number of hydrogen-bond acceptors (Lipinski definition) is 4. The van der Waals surface area contributed by atoms with Crippen molar-refractivity contribution < 1.29 is 14.3 Å². The lowest BCUT2D eigenvalue weighted by Gasteiger charge is -2.20. The molecule has 0 aromatic heterocycles. The molecular formula is C24H33NO3. The molecule has 1 aromatic carbocycles. The standard InChI is InChI=1S/C24H33NO3/c1-8-11-12-13-19(15-14-18(5)27-6)21-16-17(4)22(24(26)28-7)23(25-10-3)20(21)9-2/h10,13-16,25H,3,5,8-9,11-12H2,1-2,4,6-7H3/b15-14-,19-13+. The summed E-state index contributed by atoms with van der Waals surface area (Å²) in [6.45, 7) is 13.8. The molecule has 0 saturated heterocycles. The lowest BCUT2D eigenvalue weighted by Crippen LogP contribution is -2.12. The maximum atomic E-state index is 12.4. The first-order chi connectivity index (χ1) is 13.4. The zero-order valence-corrected chi connectivity index (χ0v) is 17.9. The molecule has 28 heavy (non-hydrogen) atoms. The van der Waals surface area contributed by atoms with Crippen molar-refractivity contribution in [1.82, 2.24) is 0 Å². The van der Waals surface area contributed by atoms with Gasteiger partial charge in [0.15, 0.2) is 0 Å². The quantitative estimate of drug-likeness (QED) is 0.214.